The second-order valence-corrected chi connectivity index (χ2v) is 34.9. The van der Waals surface area contributed by atoms with Crippen molar-refractivity contribution in [3.05, 3.63) is 173 Å². The second kappa shape index (κ2) is 18.0. The monoisotopic (exact) mass is 1130 g/mol. The zero-order chi connectivity index (χ0) is 41.5. The van der Waals surface area contributed by atoms with Gasteiger partial charge in [0.25, 0.3) is 0 Å². The fourth-order valence-corrected chi connectivity index (χ4v) is 37.8. The Morgan fingerprint density at radius 3 is 0.357 bits per heavy atom. The summed E-state index contributed by atoms with van der Waals surface area (Å²) in [7, 11) is 0. The first-order valence-corrected chi connectivity index (χ1v) is 32.1. The van der Waals surface area contributed by atoms with Crippen molar-refractivity contribution in [2.45, 2.75) is 125 Å². The van der Waals surface area contributed by atoms with Gasteiger partial charge in [0.1, 0.15) is 0 Å². The van der Waals surface area contributed by atoms with Crippen molar-refractivity contribution in [3.8, 4) is 0 Å². The molecule has 56 heavy (non-hydrogen) atoms. The van der Waals surface area contributed by atoms with Gasteiger partial charge in [-0.25, -0.2) is 0 Å². The maximum absolute atomic E-state index is 2.61. The third-order valence-corrected chi connectivity index (χ3v) is 41.6. The van der Waals surface area contributed by atoms with Gasteiger partial charge in [-0.1, -0.05) is 0 Å². The molecule has 0 amide bonds. The Morgan fingerprint density at radius 2 is 0.268 bits per heavy atom. The molecule has 0 unspecified atom stereocenters. The molecule has 0 fully saturated rings. The molecule has 0 spiro atoms. The Balaban J connectivity index is 0.000000214. The van der Waals surface area contributed by atoms with E-state index in [0.29, 0.717) is 0 Å². The Labute approximate surface area is 358 Å². The van der Waals surface area contributed by atoms with Gasteiger partial charge >= 0.3 is 362 Å². The van der Waals surface area contributed by atoms with Crippen LogP contribution in [0.1, 0.15) is 100 Å². The molecule has 0 nitrogen and oxygen atoms in total. The van der Waals surface area contributed by atoms with Crippen molar-refractivity contribution in [2.24, 2.45) is 0 Å². The molecular weight excluding hydrogens is 1060 g/mol. The fourth-order valence-electron chi connectivity index (χ4n) is 10.2. The number of aryl methyl sites for hydroxylation is 18. The summed E-state index contributed by atoms with van der Waals surface area (Å²) in [5.74, 6) is 0. The van der Waals surface area contributed by atoms with Gasteiger partial charge in [-0.15, -0.1) is 0 Å². The van der Waals surface area contributed by atoms with Crippen molar-refractivity contribution in [3.63, 3.8) is 0 Å². The van der Waals surface area contributed by atoms with Crippen LogP contribution < -0.4 is 18.7 Å². The molecule has 0 bridgehead atoms. The summed E-state index contributed by atoms with van der Waals surface area (Å²) in [6.45, 7) is 41.3. The van der Waals surface area contributed by atoms with Crippen LogP contribution in [0.25, 0.3) is 0 Å². The SMILES string of the molecule is Cc1cc(C)[c]([Pb]([c]2c(C)cc(C)cc2C)[c]2c(C)cc(C)cc2C)c(C)c1.Cc1cc(C)[c]([Pb]([c]2c(C)cc(C)cc2C)[c]2c(C)cc(C)cc2C)c(C)c1. The van der Waals surface area contributed by atoms with E-state index in [9.17, 15) is 0 Å². The molecule has 6 aromatic rings. The molecule has 0 aliphatic carbocycles. The molecule has 290 valence electrons. The van der Waals surface area contributed by atoms with Crippen LogP contribution in [0.15, 0.2) is 72.8 Å². The molecular formula is C54H66Pb2. The summed E-state index contributed by atoms with van der Waals surface area (Å²) in [6.07, 6.45) is 0. The van der Waals surface area contributed by atoms with Crippen LogP contribution in [0.5, 0.6) is 0 Å². The van der Waals surface area contributed by atoms with Crippen molar-refractivity contribution >= 4 is 64.1 Å². The normalized spacial score (nSPS) is 11.4. The molecule has 0 aromatic heterocycles. The minimum absolute atomic E-state index is 1.37. The van der Waals surface area contributed by atoms with Crippen LogP contribution in [0.2, 0.25) is 0 Å². The Hall–Kier alpha value is -2.84. The molecule has 6 aromatic carbocycles. The predicted molar refractivity (Wildman–Crippen MR) is 253 cm³/mol. The van der Waals surface area contributed by atoms with Gasteiger partial charge in [-0.2, -0.15) is 0 Å². The van der Waals surface area contributed by atoms with E-state index in [1.54, 1.807) is 18.7 Å². The predicted octanol–water partition coefficient (Wildman–Crippen LogP) is 9.96. The van der Waals surface area contributed by atoms with Crippen LogP contribution in [0.4, 0.5) is 0 Å². The van der Waals surface area contributed by atoms with Crippen molar-refractivity contribution in [1.82, 2.24) is 0 Å². The van der Waals surface area contributed by atoms with Gasteiger partial charge in [0.15, 0.2) is 0 Å². The average molecular weight is 1130 g/mol. The van der Waals surface area contributed by atoms with E-state index >= 15 is 0 Å². The Morgan fingerprint density at radius 1 is 0.179 bits per heavy atom. The molecule has 0 heterocycles. The molecule has 2 radical (unpaired) electrons. The third-order valence-electron chi connectivity index (χ3n) is 11.6. The van der Waals surface area contributed by atoms with Gasteiger partial charge in [0.2, 0.25) is 0 Å². The Bertz CT molecular complexity index is 1870. The van der Waals surface area contributed by atoms with Crippen LogP contribution in [-0.2, 0) is 0 Å². The quantitative estimate of drug-likeness (QED) is 0.146. The summed E-state index contributed by atoms with van der Waals surface area (Å²) in [4.78, 5) is 0. The second-order valence-electron chi connectivity index (χ2n) is 17.4. The molecule has 6 rings (SSSR count). The first-order valence-electron chi connectivity index (χ1n) is 20.4. The van der Waals surface area contributed by atoms with Crippen molar-refractivity contribution in [1.29, 1.82) is 0 Å². The van der Waals surface area contributed by atoms with E-state index in [0.717, 1.165) is 0 Å². The van der Waals surface area contributed by atoms with Gasteiger partial charge in [0, 0.05) is 0 Å². The number of rotatable bonds is 6. The number of hydrogen-bond acceptors (Lipinski definition) is 0. The molecule has 0 saturated carbocycles. The minimum atomic E-state index is -2.61. The van der Waals surface area contributed by atoms with Gasteiger partial charge < -0.3 is 0 Å². The van der Waals surface area contributed by atoms with Crippen LogP contribution in [0, 0.1) is 125 Å². The standard InChI is InChI=1S/6C9H11.2Pb/c6*1-7-4-8(2)6-9(3)5-7;;/h6*4-5H,1-3H3;;. The third kappa shape index (κ3) is 9.38. The molecule has 0 aliphatic heterocycles. The van der Waals surface area contributed by atoms with Gasteiger partial charge in [-0.05, 0) is 0 Å². The summed E-state index contributed by atoms with van der Waals surface area (Å²) in [5, 5.41) is 0. The van der Waals surface area contributed by atoms with E-state index in [1.165, 1.54) is 100 Å². The van der Waals surface area contributed by atoms with E-state index in [4.69, 9.17) is 0 Å². The summed E-state index contributed by atoms with van der Waals surface area (Å²) >= 11 is -5.21. The van der Waals surface area contributed by atoms with Crippen molar-refractivity contribution < 1.29 is 0 Å². The van der Waals surface area contributed by atoms with Crippen LogP contribution in [-0.4, -0.2) is 45.4 Å². The molecule has 0 atom stereocenters. The number of hydrogen-bond donors (Lipinski definition) is 0. The molecule has 0 N–H and O–H groups in total. The van der Waals surface area contributed by atoms with Crippen LogP contribution >= 0.6 is 0 Å². The van der Waals surface area contributed by atoms with E-state index < -0.39 is 45.4 Å². The first kappa shape index (κ1) is 44.3. The molecule has 0 aliphatic rings. The topological polar surface area (TPSA) is 0 Å². The zero-order valence-electron chi connectivity index (χ0n) is 37.9. The fraction of sp³-hybridized carbons (Fsp3) is 0.333. The van der Waals surface area contributed by atoms with E-state index in [-0.39, 0.29) is 0 Å². The van der Waals surface area contributed by atoms with Gasteiger partial charge in [0.05, 0.1) is 0 Å². The van der Waals surface area contributed by atoms with Crippen molar-refractivity contribution in [2.75, 3.05) is 0 Å². The van der Waals surface area contributed by atoms with Gasteiger partial charge in [-0.3, -0.25) is 0 Å². The molecule has 0 saturated heterocycles. The van der Waals surface area contributed by atoms with Crippen LogP contribution in [0.3, 0.4) is 0 Å². The first-order chi connectivity index (χ1) is 26.2. The summed E-state index contributed by atoms with van der Waals surface area (Å²) in [5.41, 5.74) is 26.1. The molecule has 2 heteroatoms. The number of benzene rings is 6. The average Bonchev–Trinajstić information content (AvgIpc) is 3.02. The zero-order valence-corrected chi connectivity index (χ0v) is 45.7. The maximum atomic E-state index is 2.39. The van der Waals surface area contributed by atoms with E-state index in [2.05, 4.69) is 197 Å². The summed E-state index contributed by atoms with van der Waals surface area (Å²) in [6, 6.07) is 28.7. The summed E-state index contributed by atoms with van der Waals surface area (Å²) < 4.78 is 10.1. The Kier molecular flexibility index (Phi) is 14.2. The van der Waals surface area contributed by atoms with E-state index in [1.807, 2.05) is 0 Å².